The standard InChI is InChI=1S/C14H15N/c1-3-5-6-9-12(4-2)13-10-7-8-11-14(13)15/h3-4,6-11,15H,1-2,5H2/b9-6-,13-12+,15-14?. The number of rotatable bonds is 4. The molecule has 0 aromatic heterocycles. The molecule has 0 bridgehead atoms. The molecule has 0 aromatic carbocycles. The van der Waals surface area contributed by atoms with Crippen LogP contribution in [0.4, 0.5) is 0 Å². The molecular formula is C14H15N. The van der Waals surface area contributed by atoms with Gasteiger partial charge in [-0.05, 0) is 18.1 Å². The van der Waals surface area contributed by atoms with E-state index in [1.165, 1.54) is 0 Å². The third-order valence-electron chi connectivity index (χ3n) is 2.06. The van der Waals surface area contributed by atoms with Gasteiger partial charge in [0.2, 0.25) is 0 Å². The van der Waals surface area contributed by atoms with E-state index in [9.17, 15) is 0 Å². The van der Waals surface area contributed by atoms with Gasteiger partial charge in [-0.3, -0.25) is 0 Å². The van der Waals surface area contributed by atoms with Gasteiger partial charge in [-0.15, -0.1) is 6.58 Å². The summed E-state index contributed by atoms with van der Waals surface area (Å²) in [6.07, 6.45) is 15.9. The molecule has 0 unspecified atom stereocenters. The van der Waals surface area contributed by atoms with Crippen molar-refractivity contribution in [1.82, 2.24) is 0 Å². The first-order valence-corrected chi connectivity index (χ1v) is 4.87. The van der Waals surface area contributed by atoms with Crippen molar-refractivity contribution in [3.8, 4) is 0 Å². The third-order valence-corrected chi connectivity index (χ3v) is 2.06. The largest absolute Gasteiger partial charge is 0.300 e. The van der Waals surface area contributed by atoms with E-state index < -0.39 is 0 Å². The molecule has 1 heteroatoms. The Morgan fingerprint density at radius 3 is 2.60 bits per heavy atom. The van der Waals surface area contributed by atoms with Crippen LogP contribution >= 0.6 is 0 Å². The lowest BCUT2D eigenvalue weighted by Crippen LogP contribution is -2.00. The summed E-state index contributed by atoms with van der Waals surface area (Å²) in [5.74, 6) is 0. The van der Waals surface area contributed by atoms with Crippen molar-refractivity contribution in [2.24, 2.45) is 0 Å². The second-order valence-electron chi connectivity index (χ2n) is 3.13. The number of allylic oxidation sites excluding steroid dienone is 10. The van der Waals surface area contributed by atoms with Crippen LogP contribution in [0.15, 0.2) is 72.9 Å². The average Bonchev–Trinajstić information content (AvgIpc) is 2.26. The minimum atomic E-state index is 0.524. The van der Waals surface area contributed by atoms with Gasteiger partial charge in [-0.1, -0.05) is 49.1 Å². The van der Waals surface area contributed by atoms with Crippen molar-refractivity contribution < 1.29 is 0 Å². The highest BCUT2D eigenvalue weighted by molar-refractivity contribution is 6.10. The van der Waals surface area contributed by atoms with Gasteiger partial charge in [-0.2, -0.15) is 0 Å². The molecule has 0 heterocycles. The van der Waals surface area contributed by atoms with Gasteiger partial charge in [-0.25, -0.2) is 0 Å². The first-order chi connectivity index (χ1) is 7.29. The quantitative estimate of drug-likeness (QED) is 0.664. The second kappa shape index (κ2) is 5.76. The number of hydrogen-bond acceptors (Lipinski definition) is 1. The number of hydrogen-bond donors (Lipinski definition) is 1. The molecule has 0 aromatic rings. The van der Waals surface area contributed by atoms with Crippen LogP contribution in [0.25, 0.3) is 0 Å². The molecule has 1 rings (SSSR count). The summed E-state index contributed by atoms with van der Waals surface area (Å²) in [7, 11) is 0. The Morgan fingerprint density at radius 2 is 2.00 bits per heavy atom. The molecule has 1 N–H and O–H groups in total. The van der Waals surface area contributed by atoms with Gasteiger partial charge in [0.05, 0.1) is 5.71 Å². The molecule has 76 valence electrons. The summed E-state index contributed by atoms with van der Waals surface area (Å²) in [6.45, 7) is 7.41. The molecule has 0 atom stereocenters. The Morgan fingerprint density at radius 1 is 1.27 bits per heavy atom. The highest BCUT2D eigenvalue weighted by Gasteiger charge is 2.04. The summed E-state index contributed by atoms with van der Waals surface area (Å²) < 4.78 is 0. The Labute approximate surface area is 91.0 Å². The zero-order valence-corrected chi connectivity index (χ0v) is 8.74. The molecule has 0 amide bonds. The van der Waals surface area contributed by atoms with Crippen molar-refractivity contribution in [2.45, 2.75) is 6.42 Å². The van der Waals surface area contributed by atoms with Gasteiger partial charge < -0.3 is 5.41 Å². The van der Waals surface area contributed by atoms with E-state index in [2.05, 4.69) is 13.2 Å². The fourth-order valence-electron chi connectivity index (χ4n) is 1.29. The maximum Gasteiger partial charge on any atom is 0.0618 e. The summed E-state index contributed by atoms with van der Waals surface area (Å²) in [5, 5.41) is 7.76. The van der Waals surface area contributed by atoms with Crippen molar-refractivity contribution in [1.29, 1.82) is 5.41 Å². The Balaban J connectivity index is 2.97. The van der Waals surface area contributed by atoms with Crippen LogP contribution < -0.4 is 0 Å². The molecule has 0 radical (unpaired) electrons. The van der Waals surface area contributed by atoms with E-state index in [1.54, 1.807) is 12.2 Å². The Hall–Kier alpha value is -1.89. The lowest BCUT2D eigenvalue weighted by atomic mass is 9.99. The van der Waals surface area contributed by atoms with E-state index >= 15 is 0 Å². The molecule has 1 aliphatic carbocycles. The fraction of sp³-hybridized carbons (Fsp3) is 0.0714. The van der Waals surface area contributed by atoms with E-state index in [0.29, 0.717) is 5.71 Å². The smallest absolute Gasteiger partial charge is 0.0618 e. The second-order valence-corrected chi connectivity index (χ2v) is 3.13. The molecule has 0 fully saturated rings. The van der Waals surface area contributed by atoms with Crippen LogP contribution in [0, 0.1) is 5.41 Å². The van der Waals surface area contributed by atoms with Crippen molar-refractivity contribution in [3.63, 3.8) is 0 Å². The van der Waals surface area contributed by atoms with Gasteiger partial charge >= 0.3 is 0 Å². The fourth-order valence-corrected chi connectivity index (χ4v) is 1.29. The van der Waals surface area contributed by atoms with Gasteiger partial charge in [0, 0.05) is 5.57 Å². The predicted octanol–water partition coefficient (Wildman–Crippen LogP) is 3.75. The molecule has 0 saturated carbocycles. The summed E-state index contributed by atoms with van der Waals surface area (Å²) >= 11 is 0. The lowest BCUT2D eigenvalue weighted by Gasteiger charge is -2.07. The molecule has 15 heavy (non-hydrogen) atoms. The third kappa shape index (κ3) is 3.06. The van der Waals surface area contributed by atoms with E-state index in [0.717, 1.165) is 17.6 Å². The highest BCUT2D eigenvalue weighted by atomic mass is 14.4. The number of nitrogens with one attached hydrogen (secondary N) is 1. The van der Waals surface area contributed by atoms with Gasteiger partial charge in [0.25, 0.3) is 0 Å². The van der Waals surface area contributed by atoms with Crippen LogP contribution in [0.3, 0.4) is 0 Å². The van der Waals surface area contributed by atoms with Crippen LogP contribution in [0.1, 0.15) is 6.42 Å². The highest BCUT2D eigenvalue weighted by Crippen LogP contribution is 2.15. The maximum absolute atomic E-state index is 7.76. The zero-order chi connectivity index (χ0) is 11.1. The maximum atomic E-state index is 7.76. The van der Waals surface area contributed by atoms with E-state index in [-0.39, 0.29) is 0 Å². The summed E-state index contributed by atoms with van der Waals surface area (Å²) in [4.78, 5) is 0. The Bertz CT molecular complexity index is 390. The molecule has 1 aliphatic rings. The van der Waals surface area contributed by atoms with Crippen LogP contribution in [-0.2, 0) is 0 Å². The monoisotopic (exact) mass is 197 g/mol. The zero-order valence-electron chi connectivity index (χ0n) is 8.74. The van der Waals surface area contributed by atoms with Crippen molar-refractivity contribution in [2.75, 3.05) is 0 Å². The predicted molar refractivity (Wildman–Crippen MR) is 67.2 cm³/mol. The molecule has 0 saturated heterocycles. The first-order valence-electron chi connectivity index (χ1n) is 4.87. The summed E-state index contributed by atoms with van der Waals surface area (Å²) in [6, 6.07) is 0. The van der Waals surface area contributed by atoms with Gasteiger partial charge in [0.1, 0.15) is 0 Å². The molecule has 0 aliphatic heterocycles. The van der Waals surface area contributed by atoms with Crippen molar-refractivity contribution in [3.05, 3.63) is 72.9 Å². The van der Waals surface area contributed by atoms with Crippen LogP contribution in [0.2, 0.25) is 0 Å². The van der Waals surface area contributed by atoms with Gasteiger partial charge in [0.15, 0.2) is 0 Å². The normalized spacial score (nSPS) is 18.3. The molecule has 0 spiro atoms. The van der Waals surface area contributed by atoms with E-state index in [1.807, 2.05) is 36.5 Å². The molecule has 1 nitrogen and oxygen atoms in total. The topological polar surface area (TPSA) is 23.9 Å². The first kappa shape index (κ1) is 11.2. The van der Waals surface area contributed by atoms with Crippen molar-refractivity contribution >= 4 is 5.71 Å². The van der Waals surface area contributed by atoms with Crippen LogP contribution in [-0.4, -0.2) is 5.71 Å². The minimum Gasteiger partial charge on any atom is -0.300 e. The minimum absolute atomic E-state index is 0.524. The molecular weight excluding hydrogens is 182 g/mol. The van der Waals surface area contributed by atoms with E-state index in [4.69, 9.17) is 5.41 Å². The summed E-state index contributed by atoms with van der Waals surface area (Å²) in [5.41, 5.74) is 2.41. The van der Waals surface area contributed by atoms with Crippen LogP contribution in [0.5, 0.6) is 0 Å². The average molecular weight is 197 g/mol. The SMILES string of the molecule is C=CC/C=C\C(C=C)=C1/C=CC=CC1=N. The lowest BCUT2D eigenvalue weighted by molar-refractivity contribution is 1.39. The Kier molecular flexibility index (Phi) is 4.30.